The van der Waals surface area contributed by atoms with Gasteiger partial charge in [-0.2, -0.15) is 0 Å². The number of nitrogens with zero attached hydrogens (tertiary/aromatic N) is 1. The van der Waals surface area contributed by atoms with Crippen molar-refractivity contribution in [3.63, 3.8) is 0 Å². The lowest BCUT2D eigenvalue weighted by Gasteiger charge is -2.04. The van der Waals surface area contributed by atoms with Crippen LogP contribution in [0.15, 0.2) is 34.7 Å². The molecule has 8 nitrogen and oxygen atoms in total. The first kappa shape index (κ1) is 15.2. The molecule has 1 aromatic carbocycles. The van der Waals surface area contributed by atoms with Crippen LogP contribution in [-0.4, -0.2) is 23.3 Å². The molecule has 2 amide bonds. The van der Waals surface area contributed by atoms with Gasteiger partial charge in [0.2, 0.25) is 5.76 Å². The van der Waals surface area contributed by atoms with Gasteiger partial charge in [-0.3, -0.25) is 19.7 Å². The van der Waals surface area contributed by atoms with Crippen LogP contribution in [0.1, 0.15) is 27.8 Å². The smallest absolute Gasteiger partial charge is 0.395 e. The molecule has 0 radical (unpaired) electrons. The Kier molecular flexibility index (Phi) is 4.21. The molecular formula is C14H13N3O5. The molecule has 1 aromatic heterocycles. The number of hydrogen-bond donors (Lipinski definition) is 2. The third kappa shape index (κ3) is 2.95. The van der Waals surface area contributed by atoms with E-state index in [4.69, 9.17) is 10.2 Å². The van der Waals surface area contributed by atoms with Crippen LogP contribution in [0.4, 0.5) is 5.88 Å². The molecule has 1 heterocycles. The molecule has 0 aliphatic rings. The summed E-state index contributed by atoms with van der Waals surface area (Å²) in [6.07, 6.45) is 0. The van der Waals surface area contributed by atoms with Crippen molar-refractivity contribution in [2.75, 3.05) is 6.54 Å². The Labute approximate surface area is 125 Å². The van der Waals surface area contributed by atoms with Crippen molar-refractivity contribution >= 4 is 17.7 Å². The van der Waals surface area contributed by atoms with Gasteiger partial charge < -0.3 is 15.5 Å². The van der Waals surface area contributed by atoms with Gasteiger partial charge in [0, 0.05) is 17.7 Å². The third-order valence-electron chi connectivity index (χ3n) is 2.90. The van der Waals surface area contributed by atoms with Crippen molar-refractivity contribution in [2.24, 2.45) is 5.73 Å². The van der Waals surface area contributed by atoms with Gasteiger partial charge in [-0.15, -0.1) is 0 Å². The lowest BCUT2D eigenvalue weighted by molar-refractivity contribution is -0.402. The van der Waals surface area contributed by atoms with Gasteiger partial charge in [0.05, 0.1) is 6.07 Å². The van der Waals surface area contributed by atoms with Gasteiger partial charge in [-0.25, -0.2) is 0 Å². The summed E-state index contributed by atoms with van der Waals surface area (Å²) in [5.74, 6) is -2.12. The van der Waals surface area contributed by atoms with Crippen molar-refractivity contribution in [3.8, 4) is 11.1 Å². The maximum Gasteiger partial charge on any atom is 0.434 e. The van der Waals surface area contributed by atoms with E-state index < -0.39 is 16.7 Å². The van der Waals surface area contributed by atoms with Gasteiger partial charge in [0.1, 0.15) is 4.92 Å². The summed E-state index contributed by atoms with van der Waals surface area (Å²) in [5.41, 5.74) is 6.13. The molecule has 114 valence electrons. The van der Waals surface area contributed by atoms with Gasteiger partial charge >= 0.3 is 5.88 Å². The Morgan fingerprint density at radius 2 is 2.09 bits per heavy atom. The molecule has 0 bridgehead atoms. The molecule has 0 fully saturated rings. The van der Waals surface area contributed by atoms with E-state index in [1.54, 1.807) is 25.1 Å². The van der Waals surface area contributed by atoms with Crippen molar-refractivity contribution < 1.29 is 18.9 Å². The van der Waals surface area contributed by atoms with E-state index in [1.165, 1.54) is 6.07 Å². The summed E-state index contributed by atoms with van der Waals surface area (Å²) in [5, 5.41) is 13.4. The summed E-state index contributed by atoms with van der Waals surface area (Å²) in [6, 6.07) is 7.41. The fourth-order valence-corrected chi connectivity index (χ4v) is 1.96. The molecule has 0 saturated heterocycles. The first-order valence-electron chi connectivity index (χ1n) is 6.40. The van der Waals surface area contributed by atoms with Gasteiger partial charge in [-0.1, -0.05) is 12.1 Å². The largest absolute Gasteiger partial charge is 0.434 e. The predicted octanol–water partition coefficient (Wildman–Crippen LogP) is 1.70. The lowest BCUT2D eigenvalue weighted by atomic mass is 10.0. The highest BCUT2D eigenvalue weighted by atomic mass is 16.6. The number of carbonyl (C=O) groups excluding carboxylic acids is 2. The highest BCUT2D eigenvalue weighted by molar-refractivity contribution is 5.99. The SMILES string of the molecule is CCNC(=O)c1cccc(-c2cc([N+](=O)[O-])oc2C(N)=O)c1. The van der Waals surface area contributed by atoms with Gasteiger partial charge in [0.15, 0.2) is 0 Å². The van der Waals surface area contributed by atoms with E-state index in [1.807, 2.05) is 0 Å². The molecule has 22 heavy (non-hydrogen) atoms. The third-order valence-corrected chi connectivity index (χ3v) is 2.90. The molecule has 0 atom stereocenters. The zero-order chi connectivity index (χ0) is 16.3. The van der Waals surface area contributed by atoms with Crippen molar-refractivity contribution in [3.05, 3.63) is 51.8 Å². The standard InChI is InChI=1S/C14H13N3O5/c1-2-16-14(19)9-5-3-4-8(6-9)10-7-11(17(20)21)22-12(10)13(15)18/h3-7H,2H2,1H3,(H2,15,18)(H,16,19). The van der Waals surface area contributed by atoms with E-state index in [-0.39, 0.29) is 17.2 Å². The molecule has 2 rings (SSSR count). The van der Waals surface area contributed by atoms with Crippen LogP contribution in [-0.2, 0) is 0 Å². The fraction of sp³-hybridized carbons (Fsp3) is 0.143. The molecule has 3 N–H and O–H groups in total. The summed E-state index contributed by atoms with van der Waals surface area (Å²) in [4.78, 5) is 33.2. The Hall–Kier alpha value is -3.16. The maximum absolute atomic E-state index is 11.8. The number of rotatable bonds is 5. The number of nitro groups is 1. The van der Waals surface area contributed by atoms with Crippen molar-refractivity contribution in [2.45, 2.75) is 6.92 Å². The van der Waals surface area contributed by atoms with Crippen LogP contribution in [0, 0.1) is 10.1 Å². The minimum Gasteiger partial charge on any atom is -0.395 e. The minimum absolute atomic E-state index is 0.172. The van der Waals surface area contributed by atoms with Crippen LogP contribution in [0.3, 0.4) is 0 Å². The van der Waals surface area contributed by atoms with E-state index >= 15 is 0 Å². The van der Waals surface area contributed by atoms with Gasteiger partial charge in [-0.05, 0) is 24.6 Å². The summed E-state index contributed by atoms with van der Waals surface area (Å²) in [7, 11) is 0. The highest BCUT2D eigenvalue weighted by Gasteiger charge is 2.23. The molecule has 2 aromatic rings. The number of amides is 2. The first-order valence-corrected chi connectivity index (χ1v) is 6.40. The highest BCUT2D eigenvalue weighted by Crippen LogP contribution is 2.31. The zero-order valence-corrected chi connectivity index (χ0v) is 11.7. The molecule has 0 saturated carbocycles. The predicted molar refractivity (Wildman–Crippen MR) is 77.3 cm³/mol. The normalized spacial score (nSPS) is 10.2. The first-order chi connectivity index (χ1) is 10.4. The van der Waals surface area contributed by atoms with E-state index in [9.17, 15) is 19.7 Å². The molecular weight excluding hydrogens is 290 g/mol. The van der Waals surface area contributed by atoms with E-state index in [2.05, 4.69) is 5.32 Å². The summed E-state index contributed by atoms with van der Waals surface area (Å²) >= 11 is 0. The van der Waals surface area contributed by atoms with Crippen LogP contribution < -0.4 is 11.1 Å². The van der Waals surface area contributed by atoms with Crippen LogP contribution in [0.25, 0.3) is 11.1 Å². The Morgan fingerprint density at radius 3 is 2.68 bits per heavy atom. The molecule has 0 unspecified atom stereocenters. The molecule has 0 spiro atoms. The van der Waals surface area contributed by atoms with Gasteiger partial charge in [0.25, 0.3) is 11.8 Å². The van der Waals surface area contributed by atoms with E-state index in [0.29, 0.717) is 17.7 Å². The van der Waals surface area contributed by atoms with Crippen LogP contribution in [0.5, 0.6) is 0 Å². The number of nitrogens with two attached hydrogens (primary N) is 1. The number of primary amides is 1. The second-order valence-electron chi connectivity index (χ2n) is 4.39. The number of benzene rings is 1. The number of carbonyl (C=O) groups is 2. The minimum atomic E-state index is -0.925. The Balaban J connectivity index is 2.52. The molecule has 0 aliphatic heterocycles. The summed E-state index contributed by atoms with van der Waals surface area (Å²) in [6.45, 7) is 2.25. The average Bonchev–Trinajstić information content (AvgIpc) is 2.93. The average molecular weight is 303 g/mol. The molecule has 8 heteroatoms. The zero-order valence-electron chi connectivity index (χ0n) is 11.7. The van der Waals surface area contributed by atoms with Crippen LogP contribution in [0.2, 0.25) is 0 Å². The second kappa shape index (κ2) is 6.08. The number of furan rings is 1. The number of hydrogen-bond acceptors (Lipinski definition) is 5. The number of nitrogens with one attached hydrogen (secondary N) is 1. The Morgan fingerprint density at radius 1 is 1.36 bits per heavy atom. The van der Waals surface area contributed by atoms with E-state index in [0.717, 1.165) is 6.07 Å². The molecule has 0 aliphatic carbocycles. The Bertz CT molecular complexity index is 751. The lowest BCUT2D eigenvalue weighted by Crippen LogP contribution is -2.22. The van der Waals surface area contributed by atoms with Crippen LogP contribution >= 0.6 is 0 Å². The fourth-order valence-electron chi connectivity index (χ4n) is 1.96. The topological polar surface area (TPSA) is 128 Å². The maximum atomic E-state index is 11.8. The van der Waals surface area contributed by atoms with Crippen molar-refractivity contribution in [1.82, 2.24) is 5.32 Å². The quantitative estimate of drug-likeness (QED) is 0.641. The van der Waals surface area contributed by atoms with Crippen molar-refractivity contribution in [1.29, 1.82) is 0 Å². The second-order valence-corrected chi connectivity index (χ2v) is 4.39. The monoisotopic (exact) mass is 303 g/mol. The summed E-state index contributed by atoms with van der Waals surface area (Å²) < 4.78 is 4.87.